The molecule has 0 spiro atoms. The van der Waals surface area contributed by atoms with Gasteiger partial charge in [0.25, 0.3) is 0 Å². The first-order valence-electron chi connectivity index (χ1n) is 12.5. The molecule has 3 aliphatic carbocycles. The molecule has 0 radical (unpaired) electrons. The minimum atomic E-state index is -0.417. The number of pyridine rings is 1. The fourth-order valence-electron chi connectivity index (χ4n) is 6.23. The summed E-state index contributed by atoms with van der Waals surface area (Å²) in [6.45, 7) is 6.17. The monoisotopic (exact) mass is 488 g/mol. The number of carbonyl (C=O) groups is 1. The van der Waals surface area contributed by atoms with E-state index in [4.69, 9.17) is 14.8 Å². The van der Waals surface area contributed by atoms with Gasteiger partial charge in [0.15, 0.2) is 11.6 Å². The number of esters is 1. The van der Waals surface area contributed by atoms with Crippen LogP contribution in [-0.2, 0) is 16.6 Å². The second kappa shape index (κ2) is 8.72. The van der Waals surface area contributed by atoms with E-state index in [1.807, 2.05) is 37.0 Å². The Morgan fingerprint density at radius 3 is 2.83 bits per heavy atom. The zero-order chi connectivity index (χ0) is 25.0. The van der Waals surface area contributed by atoms with E-state index in [1.165, 1.54) is 12.3 Å². The molecule has 3 aliphatic rings. The Hall–Kier alpha value is -3.75. The van der Waals surface area contributed by atoms with Crippen LogP contribution in [0.5, 0.6) is 0 Å². The summed E-state index contributed by atoms with van der Waals surface area (Å²) in [5.41, 5.74) is 3.02. The fourth-order valence-corrected chi connectivity index (χ4v) is 6.23. The van der Waals surface area contributed by atoms with Crippen molar-refractivity contribution in [1.29, 1.82) is 0 Å². The molecule has 7 rings (SSSR count). The summed E-state index contributed by atoms with van der Waals surface area (Å²) in [4.78, 5) is 22.2. The van der Waals surface area contributed by atoms with Crippen LogP contribution in [0.2, 0.25) is 0 Å². The summed E-state index contributed by atoms with van der Waals surface area (Å²) in [6, 6.07) is 3.31. The zero-order valence-corrected chi connectivity index (χ0v) is 20.4. The van der Waals surface area contributed by atoms with E-state index in [0.717, 1.165) is 36.8 Å². The minimum Gasteiger partial charge on any atom is -0.466 e. The van der Waals surface area contributed by atoms with E-state index in [-0.39, 0.29) is 17.9 Å². The average Bonchev–Trinajstić information content (AvgIpc) is 3.45. The predicted molar refractivity (Wildman–Crippen MR) is 136 cm³/mol. The number of aryl methyl sites for hydroxylation is 1. The molecule has 4 aromatic rings. The second-order valence-corrected chi connectivity index (χ2v) is 9.85. The molecule has 36 heavy (non-hydrogen) atoms. The van der Waals surface area contributed by atoms with Crippen LogP contribution >= 0.6 is 0 Å². The van der Waals surface area contributed by atoms with Crippen molar-refractivity contribution < 1.29 is 13.9 Å². The van der Waals surface area contributed by atoms with Gasteiger partial charge in [0, 0.05) is 42.0 Å². The van der Waals surface area contributed by atoms with Crippen LogP contribution in [0.4, 0.5) is 10.2 Å². The number of aromatic nitrogens is 5. The van der Waals surface area contributed by atoms with Crippen LogP contribution in [0.3, 0.4) is 0 Å². The number of fused-ring (bicyclic) bond motifs is 5. The van der Waals surface area contributed by atoms with Gasteiger partial charge in [-0.1, -0.05) is 12.7 Å². The lowest BCUT2D eigenvalue weighted by Crippen LogP contribution is -2.52. The maximum Gasteiger partial charge on any atom is 0.311 e. The molecule has 0 aliphatic heterocycles. The van der Waals surface area contributed by atoms with E-state index in [2.05, 4.69) is 16.9 Å². The molecule has 186 valence electrons. The molecule has 3 fully saturated rings. The third-order valence-electron chi connectivity index (χ3n) is 7.86. The fraction of sp³-hybridized carbons (Fsp3) is 0.407. The van der Waals surface area contributed by atoms with Crippen LogP contribution in [0.1, 0.15) is 38.2 Å². The van der Waals surface area contributed by atoms with Crippen LogP contribution in [0.15, 0.2) is 37.3 Å². The Kier molecular flexibility index (Phi) is 5.50. The zero-order valence-electron chi connectivity index (χ0n) is 20.4. The molecular weight excluding hydrogens is 459 g/mol. The third kappa shape index (κ3) is 3.56. The number of hydrogen-bond acceptors (Lipinski definition) is 6. The number of anilines is 1. The molecular formula is C27H29FN6O2. The summed E-state index contributed by atoms with van der Waals surface area (Å²) in [7, 11) is 1.86. The first kappa shape index (κ1) is 22.7. The second-order valence-electron chi connectivity index (χ2n) is 9.85. The Morgan fingerprint density at radius 1 is 1.31 bits per heavy atom. The van der Waals surface area contributed by atoms with E-state index >= 15 is 0 Å². The van der Waals surface area contributed by atoms with Crippen molar-refractivity contribution in [2.75, 3.05) is 11.9 Å². The molecule has 1 N–H and O–H groups in total. The number of nitrogens with zero attached hydrogens (tertiary/aromatic N) is 5. The molecule has 8 nitrogen and oxygen atoms in total. The van der Waals surface area contributed by atoms with Crippen molar-refractivity contribution in [2.24, 2.45) is 24.8 Å². The van der Waals surface area contributed by atoms with Crippen molar-refractivity contribution in [2.45, 2.75) is 38.6 Å². The highest BCUT2D eigenvalue weighted by Gasteiger charge is 2.48. The molecule has 2 atom stereocenters. The summed E-state index contributed by atoms with van der Waals surface area (Å²) < 4.78 is 23.2. The molecule has 3 saturated carbocycles. The molecule has 0 amide bonds. The summed E-state index contributed by atoms with van der Waals surface area (Å²) >= 11 is 0. The first-order chi connectivity index (χ1) is 17.5. The van der Waals surface area contributed by atoms with Gasteiger partial charge in [-0.15, -0.1) is 5.10 Å². The van der Waals surface area contributed by atoms with Gasteiger partial charge in [0.05, 0.1) is 18.7 Å². The highest BCUT2D eigenvalue weighted by atomic mass is 19.1. The molecule has 2 bridgehead atoms. The lowest BCUT2D eigenvalue weighted by molar-refractivity contribution is -0.154. The molecule has 0 aromatic carbocycles. The third-order valence-corrected chi connectivity index (χ3v) is 7.86. The normalized spacial score (nSPS) is 23.3. The van der Waals surface area contributed by atoms with Crippen molar-refractivity contribution in [3.8, 4) is 11.4 Å². The quantitative estimate of drug-likeness (QED) is 0.391. The van der Waals surface area contributed by atoms with Crippen LogP contribution in [0, 0.1) is 23.6 Å². The van der Waals surface area contributed by atoms with Gasteiger partial charge in [-0.05, 0) is 56.6 Å². The van der Waals surface area contributed by atoms with Gasteiger partial charge in [0.2, 0.25) is 0 Å². The van der Waals surface area contributed by atoms with Gasteiger partial charge in [0.1, 0.15) is 17.0 Å². The highest BCUT2D eigenvalue weighted by Crippen LogP contribution is 2.47. The number of rotatable bonds is 6. The predicted octanol–water partition coefficient (Wildman–Crippen LogP) is 4.84. The van der Waals surface area contributed by atoms with Crippen molar-refractivity contribution in [3.05, 3.63) is 48.7 Å². The molecule has 4 aromatic heterocycles. The molecule has 9 heteroatoms. The Morgan fingerprint density at radius 2 is 2.08 bits per heavy atom. The summed E-state index contributed by atoms with van der Waals surface area (Å²) in [5, 5.41) is 9.06. The lowest BCUT2D eigenvalue weighted by Gasteiger charge is -2.47. The van der Waals surface area contributed by atoms with Crippen molar-refractivity contribution in [1.82, 2.24) is 24.1 Å². The summed E-state index contributed by atoms with van der Waals surface area (Å²) in [5.74, 6) is 0.983. The van der Waals surface area contributed by atoms with Crippen molar-refractivity contribution in [3.63, 3.8) is 0 Å². The lowest BCUT2D eigenvalue weighted by atomic mass is 9.61. The number of carbonyl (C=O) groups excluding carboxylic acids is 1. The first-order valence-corrected chi connectivity index (χ1v) is 12.5. The highest BCUT2D eigenvalue weighted by molar-refractivity contribution is 5.93. The van der Waals surface area contributed by atoms with Gasteiger partial charge < -0.3 is 14.6 Å². The molecule has 4 heterocycles. The SMILES string of the molecule is C=Cc1ccn2nc(-c3cn(C)c4ncc(F)cc34)nc(NC3C4CCC(CC4)[C@@H]3C(=O)OCC)c12. The maximum atomic E-state index is 14.1. The van der Waals surface area contributed by atoms with E-state index in [0.29, 0.717) is 46.7 Å². The minimum absolute atomic E-state index is 0.0812. The Labute approximate surface area is 208 Å². The van der Waals surface area contributed by atoms with Crippen LogP contribution < -0.4 is 5.32 Å². The van der Waals surface area contributed by atoms with Gasteiger partial charge in [-0.2, -0.15) is 0 Å². The van der Waals surface area contributed by atoms with E-state index in [1.54, 1.807) is 10.6 Å². The molecule has 1 unspecified atom stereocenters. The largest absolute Gasteiger partial charge is 0.466 e. The number of hydrogen-bond donors (Lipinski definition) is 1. The Balaban J connectivity index is 1.49. The van der Waals surface area contributed by atoms with Crippen LogP contribution in [-0.4, -0.2) is 42.8 Å². The topological polar surface area (TPSA) is 86.3 Å². The molecule has 0 saturated heterocycles. The van der Waals surface area contributed by atoms with E-state index < -0.39 is 5.82 Å². The number of halogens is 1. The number of nitrogens with one attached hydrogen (secondary N) is 1. The standard InChI is InChI=1S/C27H29FN6O2/c1-4-15-10-11-34-23(15)25(30-22-17-8-6-16(7-9-17)21(22)27(35)36-5-2)31-24(32-34)20-14-33(3)26-19(20)12-18(28)13-29-26/h4,10-14,16-17,21-22H,1,5-9H2,2-3H3,(H,30,31,32)/t16?,17?,21-,22?/m0/s1. The van der Waals surface area contributed by atoms with Gasteiger partial charge in [-0.25, -0.2) is 18.9 Å². The average molecular weight is 489 g/mol. The van der Waals surface area contributed by atoms with Gasteiger partial charge >= 0.3 is 5.97 Å². The number of ether oxygens (including phenoxy) is 1. The van der Waals surface area contributed by atoms with E-state index in [9.17, 15) is 9.18 Å². The van der Waals surface area contributed by atoms with Gasteiger partial charge in [-0.3, -0.25) is 4.79 Å². The maximum absolute atomic E-state index is 14.1. The smallest absolute Gasteiger partial charge is 0.311 e. The Bertz CT molecular complexity index is 1480. The summed E-state index contributed by atoms with van der Waals surface area (Å²) in [6.07, 6.45) is 11.0. The van der Waals surface area contributed by atoms with Crippen LogP contribution in [0.25, 0.3) is 34.0 Å². The van der Waals surface area contributed by atoms with Crippen molar-refractivity contribution >= 4 is 34.4 Å².